The van der Waals surface area contributed by atoms with Crippen LogP contribution >= 0.6 is 0 Å². The number of methoxy groups -OCH3 is 1. The second-order valence-electron chi connectivity index (χ2n) is 4.95. The molecule has 0 radical (unpaired) electrons. The standard InChI is InChI=1S/C17H22N2O/c1-4-13-5-9-16(10-6-13)19(2)12-14-7-8-15(18)11-17(14)20-3/h5-11H,4,12,18H2,1-3H3. The largest absolute Gasteiger partial charge is 0.496 e. The van der Waals surface area contributed by atoms with Crippen LogP contribution in [0.15, 0.2) is 42.5 Å². The molecule has 0 amide bonds. The summed E-state index contributed by atoms with van der Waals surface area (Å²) in [4.78, 5) is 2.20. The van der Waals surface area contributed by atoms with Gasteiger partial charge in [-0.25, -0.2) is 0 Å². The summed E-state index contributed by atoms with van der Waals surface area (Å²) in [5.41, 5.74) is 10.2. The van der Waals surface area contributed by atoms with Crippen LogP contribution in [0.4, 0.5) is 11.4 Å². The normalized spacial score (nSPS) is 10.3. The molecule has 0 unspecified atom stereocenters. The lowest BCUT2D eigenvalue weighted by Gasteiger charge is -2.21. The number of benzene rings is 2. The van der Waals surface area contributed by atoms with Gasteiger partial charge in [-0.1, -0.05) is 25.1 Å². The summed E-state index contributed by atoms with van der Waals surface area (Å²) in [6.45, 7) is 2.95. The number of rotatable bonds is 5. The van der Waals surface area contributed by atoms with Crippen LogP contribution < -0.4 is 15.4 Å². The van der Waals surface area contributed by atoms with Crippen molar-refractivity contribution in [2.24, 2.45) is 0 Å². The molecule has 0 bridgehead atoms. The van der Waals surface area contributed by atoms with E-state index in [-0.39, 0.29) is 0 Å². The monoisotopic (exact) mass is 270 g/mol. The molecule has 2 rings (SSSR count). The minimum Gasteiger partial charge on any atom is -0.496 e. The summed E-state index contributed by atoms with van der Waals surface area (Å²) in [6, 6.07) is 14.4. The van der Waals surface area contributed by atoms with Crippen LogP contribution in [0.3, 0.4) is 0 Å². The van der Waals surface area contributed by atoms with E-state index in [4.69, 9.17) is 10.5 Å². The zero-order valence-corrected chi connectivity index (χ0v) is 12.4. The number of anilines is 2. The highest BCUT2D eigenvalue weighted by molar-refractivity contribution is 5.52. The van der Waals surface area contributed by atoms with Gasteiger partial charge in [0.05, 0.1) is 7.11 Å². The van der Waals surface area contributed by atoms with Crippen molar-refractivity contribution in [1.82, 2.24) is 0 Å². The van der Waals surface area contributed by atoms with Gasteiger partial charge >= 0.3 is 0 Å². The van der Waals surface area contributed by atoms with E-state index in [0.717, 1.165) is 30.0 Å². The van der Waals surface area contributed by atoms with Gasteiger partial charge in [0.2, 0.25) is 0 Å². The Labute approximate surface area is 121 Å². The van der Waals surface area contributed by atoms with Gasteiger partial charge in [-0.3, -0.25) is 0 Å². The topological polar surface area (TPSA) is 38.5 Å². The lowest BCUT2D eigenvalue weighted by atomic mass is 10.1. The predicted octanol–water partition coefficient (Wildman–Crippen LogP) is 3.48. The molecule has 0 fully saturated rings. The third kappa shape index (κ3) is 3.23. The van der Waals surface area contributed by atoms with Crippen molar-refractivity contribution in [2.45, 2.75) is 19.9 Å². The summed E-state index contributed by atoms with van der Waals surface area (Å²) in [5, 5.41) is 0. The first-order chi connectivity index (χ1) is 9.63. The molecular formula is C17H22N2O. The summed E-state index contributed by atoms with van der Waals surface area (Å²) >= 11 is 0. The zero-order chi connectivity index (χ0) is 14.5. The number of aryl methyl sites for hydroxylation is 1. The van der Waals surface area contributed by atoms with Crippen LogP contribution in [0.1, 0.15) is 18.1 Å². The number of nitrogens with zero attached hydrogens (tertiary/aromatic N) is 1. The smallest absolute Gasteiger partial charge is 0.125 e. The average Bonchev–Trinajstić information content (AvgIpc) is 2.49. The van der Waals surface area contributed by atoms with E-state index in [1.807, 2.05) is 18.2 Å². The van der Waals surface area contributed by atoms with Gasteiger partial charge in [0.15, 0.2) is 0 Å². The fourth-order valence-electron chi connectivity index (χ4n) is 2.22. The van der Waals surface area contributed by atoms with E-state index in [1.54, 1.807) is 7.11 Å². The number of nitrogens with two attached hydrogens (primary N) is 1. The maximum atomic E-state index is 5.78. The summed E-state index contributed by atoms with van der Waals surface area (Å²) in [7, 11) is 3.76. The Bertz CT molecular complexity index is 564. The molecule has 3 heteroatoms. The summed E-state index contributed by atoms with van der Waals surface area (Å²) < 4.78 is 5.39. The molecule has 0 saturated carbocycles. The molecule has 0 spiro atoms. The van der Waals surface area contributed by atoms with Gasteiger partial charge < -0.3 is 15.4 Å². The molecule has 2 aromatic carbocycles. The Balaban J connectivity index is 2.16. The first kappa shape index (κ1) is 14.3. The van der Waals surface area contributed by atoms with E-state index in [2.05, 4.69) is 43.1 Å². The maximum absolute atomic E-state index is 5.78. The SMILES string of the molecule is CCc1ccc(N(C)Cc2ccc(N)cc2OC)cc1. The highest BCUT2D eigenvalue weighted by Gasteiger charge is 2.07. The third-order valence-corrected chi connectivity index (χ3v) is 3.50. The highest BCUT2D eigenvalue weighted by Crippen LogP contribution is 2.24. The van der Waals surface area contributed by atoms with Crippen LogP contribution in [0.2, 0.25) is 0 Å². The van der Waals surface area contributed by atoms with Crippen molar-refractivity contribution < 1.29 is 4.74 Å². The molecule has 0 aliphatic rings. The lowest BCUT2D eigenvalue weighted by molar-refractivity contribution is 0.410. The zero-order valence-electron chi connectivity index (χ0n) is 12.4. The molecule has 0 aromatic heterocycles. The van der Waals surface area contributed by atoms with Crippen LogP contribution in [0.5, 0.6) is 5.75 Å². The van der Waals surface area contributed by atoms with Gasteiger partial charge in [0, 0.05) is 36.6 Å². The molecule has 20 heavy (non-hydrogen) atoms. The van der Waals surface area contributed by atoms with Crippen molar-refractivity contribution in [2.75, 3.05) is 24.8 Å². The molecule has 0 atom stereocenters. The highest BCUT2D eigenvalue weighted by atomic mass is 16.5. The van der Waals surface area contributed by atoms with Crippen molar-refractivity contribution in [3.05, 3.63) is 53.6 Å². The fourth-order valence-corrected chi connectivity index (χ4v) is 2.22. The first-order valence-corrected chi connectivity index (χ1v) is 6.86. The van der Waals surface area contributed by atoms with Gasteiger partial charge in [-0.05, 0) is 30.2 Å². The Morgan fingerprint density at radius 3 is 2.40 bits per heavy atom. The Morgan fingerprint density at radius 1 is 1.10 bits per heavy atom. The van der Waals surface area contributed by atoms with E-state index in [1.165, 1.54) is 11.3 Å². The summed E-state index contributed by atoms with van der Waals surface area (Å²) in [5.74, 6) is 0.835. The molecule has 0 saturated heterocycles. The van der Waals surface area contributed by atoms with Gasteiger partial charge in [-0.2, -0.15) is 0 Å². The molecule has 0 heterocycles. The van der Waals surface area contributed by atoms with Crippen molar-refractivity contribution in [3.8, 4) is 5.75 Å². The molecule has 3 nitrogen and oxygen atoms in total. The van der Waals surface area contributed by atoms with Crippen LogP contribution in [0, 0.1) is 0 Å². The maximum Gasteiger partial charge on any atom is 0.125 e. The molecule has 106 valence electrons. The van der Waals surface area contributed by atoms with E-state index in [0.29, 0.717) is 0 Å². The van der Waals surface area contributed by atoms with Gasteiger partial charge in [0.25, 0.3) is 0 Å². The number of ether oxygens (including phenoxy) is 1. The minimum atomic E-state index is 0.723. The number of hydrogen-bond donors (Lipinski definition) is 1. The number of hydrogen-bond acceptors (Lipinski definition) is 3. The Hall–Kier alpha value is -2.16. The quantitative estimate of drug-likeness (QED) is 0.845. The van der Waals surface area contributed by atoms with E-state index >= 15 is 0 Å². The first-order valence-electron chi connectivity index (χ1n) is 6.86. The van der Waals surface area contributed by atoms with E-state index < -0.39 is 0 Å². The molecular weight excluding hydrogens is 248 g/mol. The van der Waals surface area contributed by atoms with Crippen LogP contribution in [0.25, 0.3) is 0 Å². The molecule has 0 aliphatic carbocycles. The molecule has 2 aromatic rings. The molecule has 0 aliphatic heterocycles. The second-order valence-corrected chi connectivity index (χ2v) is 4.95. The Kier molecular flexibility index (Phi) is 4.51. The van der Waals surface area contributed by atoms with Crippen LogP contribution in [-0.4, -0.2) is 14.2 Å². The van der Waals surface area contributed by atoms with Crippen molar-refractivity contribution >= 4 is 11.4 Å². The predicted molar refractivity (Wildman–Crippen MR) is 85.3 cm³/mol. The average molecular weight is 270 g/mol. The van der Waals surface area contributed by atoms with Gasteiger partial charge in [0.1, 0.15) is 5.75 Å². The Morgan fingerprint density at radius 2 is 1.80 bits per heavy atom. The van der Waals surface area contributed by atoms with Crippen molar-refractivity contribution in [1.29, 1.82) is 0 Å². The lowest BCUT2D eigenvalue weighted by Crippen LogP contribution is -2.16. The van der Waals surface area contributed by atoms with Crippen LogP contribution in [-0.2, 0) is 13.0 Å². The summed E-state index contributed by atoms with van der Waals surface area (Å²) in [6.07, 6.45) is 1.07. The van der Waals surface area contributed by atoms with E-state index in [9.17, 15) is 0 Å². The fraction of sp³-hybridized carbons (Fsp3) is 0.294. The third-order valence-electron chi connectivity index (χ3n) is 3.50. The second kappa shape index (κ2) is 6.33. The molecule has 2 N–H and O–H groups in total. The number of nitrogen functional groups attached to an aromatic ring is 1. The van der Waals surface area contributed by atoms with Gasteiger partial charge in [-0.15, -0.1) is 0 Å². The minimum absolute atomic E-state index is 0.723. The van der Waals surface area contributed by atoms with Crippen molar-refractivity contribution in [3.63, 3.8) is 0 Å².